The van der Waals surface area contributed by atoms with Crippen LogP contribution in [0.3, 0.4) is 0 Å². The molecule has 136 valence electrons. The van der Waals surface area contributed by atoms with Crippen LogP contribution < -0.4 is 0 Å². The van der Waals surface area contributed by atoms with E-state index >= 15 is 0 Å². The molecule has 2 N–H and O–H groups in total. The van der Waals surface area contributed by atoms with Gasteiger partial charge in [0.2, 0.25) is 0 Å². The van der Waals surface area contributed by atoms with Crippen molar-refractivity contribution in [3.05, 3.63) is 39.5 Å². The van der Waals surface area contributed by atoms with E-state index in [1.165, 1.54) is 0 Å². The van der Waals surface area contributed by atoms with Gasteiger partial charge in [0.15, 0.2) is 0 Å². The Balaban J connectivity index is -0.0000000630. The van der Waals surface area contributed by atoms with Crippen molar-refractivity contribution in [3.63, 3.8) is 0 Å². The molecule has 0 atom stereocenters. The van der Waals surface area contributed by atoms with Crippen LogP contribution in [0.2, 0.25) is 0 Å². The number of carbonyl (C=O) groups is 2. The molecule has 0 heterocycles. The molecular formula is C10H10F6Ni2O4. The van der Waals surface area contributed by atoms with Crippen molar-refractivity contribution in [1.29, 1.82) is 0 Å². The van der Waals surface area contributed by atoms with E-state index in [-0.39, 0.29) is 33.0 Å². The fraction of sp³-hybridized carbons (Fsp3) is 0.200. The van der Waals surface area contributed by atoms with Gasteiger partial charge >= 0.3 is 24.3 Å². The molecule has 0 unspecified atom stereocenters. The standard InChI is InChI=1S/C6H8.2C2HF3O2.2Ni/c1-5(2)6(3)4;2*3-2(4,5)1(6)7;;/h1-4H2;2*(H,6,7);;. The van der Waals surface area contributed by atoms with E-state index in [0.717, 1.165) is 0 Å². The van der Waals surface area contributed by atoms with Gasteiger partial charge in [-0.2, -0.15) is 26.3 Å². The summed E-state index contributed by atoms with van der Waals surface area (Å²) in [7, 11) is 0. The maximum atomic E-state index is 10.6. The van der Waals surface area contributed by atoms with Crippen LogP contribution in [0, 0.1) is 39.5 Å². The summed E-state index contributed by atoms with van der Waals surface area (Å²) in [6.45, 7) is 13.9. The third-order valence-electron chi connectivity index (χ3n) is 0.985. The van der Waals surface area contributed by atoms with Gasteiger partial charge in [0.1, 0.15) is 0 Å². The fourth-order valence-corrected chi connectivity index (χ4v) is 0. The van der Waals surface area contributed by atoms with Crippen LogP contribution in [-0.4, -0.2) is 34.5 Å². The van der Waals surface area contributed by atoms with Crippen LogP contribution >= 0.6 is 0 Å². The van der Waals surface area contributed by atoms with E-state index in [1.807, 2.05) is 0 Å². The summed E-state index contributed by atoms with van der Waals surface area (Å²) < 4.78 is 63.5. The number of halogens is 6. The molecule has 0 aliphatic rings. The van der Waals surface area contributed by atoms with Gasteiger partial charge in [-0.25, -0.2) is 9.59 Å². The van der Waals surface area contributed by atoms with Gasteiger partial charge in [0.25, 0.3) is 0 Å². The second-order valence-corrected chi connectivity index (χ2v) is 2.81. The van der Waals surface area contributed by atoms with Crippen molar-refractivity contribution in [1.82, 2.24) is 0 Å². The second-order valence-electron chi connectivity index (χ2n) is 2.81. The normalized spacial score (nSPS) is 10.2. The Kier molecular flexibility index (Phi) is 21.3. The van der Waals surface area contributed by atoms with E-state index in [4.69, 9.17) is 19.8 Å². The molecule has 22 heavy (non-hydrogen) atoms. The summed E-state index contributed by atoms with van der Waals surface area (Å²) in [5.41, 5.74) is 0. The first-order chi connectivity index (χ1) is 8.53. The predicted molar refractivity (Wildman–Crippen MR) is 55.3 cm³/mol. The first-order valence-corrected chi connectivity index (χ1v) is 4.15. The van der Waals surface area contributed by atoms with Gasteiger partial charge in [-0.1, -0.05) is 0 Å². The molecule has 0 fully saturated rings. The van der Waals surface area contributed by atoms with Gasteiger partial charge in [-0.3, -0.25) is 0 Å². The van der Waals surface area contributed by atoms with Crippen LogP contribution in [0.1, 0.15) is 0 Å². The van der Waals surface area contributed by atoms with Crippen LogP contribution in [0.5, 0.6) is 0 Å². The SMILES string of the molecule is O=C(O)C(F)(F)F.O=C(O)C(F)(F)F.[CH2][C]([CH2])[C]([CH2])[CH2].[Ni].[Ni]. The van der Waals surface area contributed by atoms with Gasteiger partial charge in [0, 0.05) is 33.0 Å². The molecule has 4 nitrogen and oxygen atoms in total. The number of alkyl halides is 6. The zero-order chi connectivity index (χ0) is 17.3. The number of carboxylic acid groups (broad SMARTS) is 2. The summed E-state index contributed by atoms with van der Waals surface area (Å²) >= 11 is 0. The Bertz CT molecular complexity index is 273. The van der Waals surface area contributed by atoms with Gasteiger partial charge < -0.3 is 10.2 Å². The predicted octanol–water partition coefficient (Wildman–Crippen LogP) is 2.73. The maximum Gasteiger partial charge on any atom is 0.490 e. The summed E-state index contributed by atoms with van der Waals surface area (Å²) in [6.07, 6.45) is -10.2. The van der Waals surface area contributed by atoms with Crippen LogP contribution in [0.15, 0.2) is 0 Å². The molecule has 0 aromatic heterocycles. The molecular weight excluding hydrogens is 415 g/mol. The number of aliphatic carboxylic acids is 2. The van der Waals surface area contributed by atoms with Crippen molar-refractivity contribution in [2.75, 3.05) is 0 Å². The maximum absolute atomic E-state index is 10.6. The van der Waals surface area contributed by atoms with Gasteiger partial charge in [-0.15, -0.1) is 0 Å². The van der Waals surface area contributed by atoms with Crippen molar-refractivity contribution >= 4 is 11.9 Å². The fourth-order valence-electron chi connectivity index (χ4n) is 0. The summed E-state index contributed by atoms with van der Waals surface area (Å²) in [5.74, 6) is -4.11. The summed E-state index contributed by atoms with van der Waals surface area (Å²) in [5, 5.41) is 14.2. The van der Waals surface area contributed by atoms with E-state index < -0.39 is 24.3 Å². The van der Waals surface area contributed by atoms with E-state index in [1.54, 1.807) is 0 Å². The molecule has 0 aromatic carbocycles. The van der Waals surface area contributed by atoms with Crippen molar-refractivity contribution in [3.8, 4) is 0 Å². The minimum Gasteiger partial charge on any atom is -0.475 e. The molecule has 12 heteroatoms. The molecule has 0 saturated heterocycles. The average molecular weight is 426 g/mol. The zero-order valence-corrected chi connectivity index (χ0v) is 12.4. The Morgan fingerprint density at radius 1 is 0.636 bits per heavy atom. The number of carboxylic acids is 2. The second kappa shape index (κ2) is 14.1. The molecule has 0 aromatic rings. The number of hydrogen-bond acceptors (Lipinski definition) is 2. The number of hydrogen-bond donors (Lipinski definition) is 2. The Labute approximate surface area is 143 Å². The molecule has 0 spiro atoms. The monoisotopic (exact) mass is 424 g/mol. The summed E-state index contributed by atoms with van der Waals surface area (Å²) in [6, 6.07) is 0. The van der Waals surface area contributed by atoms with Crippen LogP contribution in [0.4, 0.5) is 26.3 Å². The third-order valence-corrected chi connectivity index (χ3v) is 0.985. The van der Waals surface area contributed by atoms with Gasteiger partial charge in [-0.05, 0) is 39.5 Å². The largest absolute Gasteiger partial charge is 0.490 e. The molecule has 0 bridgehead atoms. The minimum atomic E-state index is -5.08. The molecule has 0 saturated carbocycles. The quantitative estimate of drug-likeness (QED) is 0.500. The zero-order valence-electron chi connectivity index (χ0n) is 10.4. The first-order valence-electron chi connectivity index (χ1n) is 4.15. The van der Waals surface area contributed by atoms with E-state index in [9.17, 15) is 26.3 Å². The Morgan fingerprint density at radius 2 is 0.727 bits per heavy atom. The average Bonchev–Trinajstić information content (AvgIpc) is 2.15. The third kappa shape index (κ3) is 27.8. The number of rotatable bonds is 1. The topological polar surface area (TPSA) is 74.6 Å². The smallest absolute Gasteiger partial charge is 0.475 e. The van der Waals surface area contributed by atoms with Crippen LogP contribution in [0.25, 0.3) is 0 Å². The van der Waals surface area contributed by atoms with Crippen molar-refractivity contribution in [2.45, 2.75) is 12.4 Å². The van der Waals surface area contributed by atoms with Gasteiger partial charge in [0.05, 0.1) is 0 Å². The Morgan fingerprint density at radius 3 is 0.727 bits per heavy atom. The van der Waals surface area contributed by atoms with E-state index in [2.05, 4.69) is 27.7 Å². The van der Waals surface area contributed by atoms with E-state index in [0.29, 0.717) is 11.8 Å². The van der Waals surface area contributed by atoms with Crippen molar-refractivity contribution in [2.24, 2.45) is 0 Å². The molecule has 0 amide bonds. The minimum absolute atomic E-state index is 0. The molecule has 0 rings (SSSR count). The van der Waals surface area contributed by atoms with Crippen molar-refractivity contribution < 1.29 is 79.1 Å². The molecule has 0 aliphatic heterocycles. The first kappa shape index (κ1) is 33.2. The van der Waals surface area contributed by atoms with Crippen LogP contribution in [-0.2, 0) is 42.6 Å². The summed E-state index contributed by atoms with van der Waals surface area (Å²) in [4.78, 5) is 17.8. The Hall–Kier alpha value is -0.493. The molecule has 6 radical (unpaired) electrons. The molecule has 0 aliphatic carbocycles.